The number of hydrogen-bond acceptors (Lipinski definition) is 2. The molecule has 0 fully saturated rings. The lowest BCUT2D eigenvalue weighted by molar-refractivity contribution is -0.137. The van der Waals surface area contributed by atoms with Crippen LogP contribution in [0.1, 0.15) is 6.42 Å². The summed E-state index contributed by atoms with van der Waals surface area (Å²) in [5, 5.41) is 0. The number of ether oxygens (including phenoxy) is 1. The molecule has 0 amide bonds. The maximum atomic E-state index is 12.6. The molecule has 1 rings (SSSR count). The zero-order valence-electron chi connectivity index (χ0n) is 6.51. The van der Waals surface area contributed by atoms with Gasteiger partial charge in [0, 0.05) is 12.0 Å². The van der Waals surface area contributed by atoms with E-state index in [0.717, 1.165) is 12.2 Å². The normalized spacial score (nSPS) is 20.1. The third-order valence-corrected chi connectivity index (χ3v) is 1.51. The first kappa shape index (κ1) is 8.90. The van der Waals surface area contributed by atoms with Crippen molar-refractivity contribution < 1.29 is 18.3 Å². The lowest BCUT2D eigenvalue weighted by Gasteiger charge is -2.15. The molecule has 1 aliphatic rings. The predicted molar refractivity (Wildman–Crippen MR) is 38.8 cm³/mol. The highest BCUT2D eigenvalue weighted by Crippen LogP contribution is 2.28. The summed E-state index contributed by atoms with van der Waals surface area (Å²) < 4.78 is 29.5. The SMILES string of the molecule is COC(=O)C1=CC=CC(F)(F)C1. The van der Waals surface area contributed by atoms with Crippen LogP contribution in [0.15, 0.2) is 23.8 Å². The van der Waals surface area contributed by atoms with Crippen LogP contribution < -0.4 is 0 Å². The molecule has 1 aliphatic carbocycles. The van der Waals surface area contributed by atoms with Crippen molar-refractivity contribution in [2.45, 2.75) is 12.3 Å². The highest BCUT2D eigenvalue weighted by molar-refractivity contribution is 5.89. The van der Waals surface area contributed by atoms with Crippen molar-refractivity contribution in [2.24, 2.45) is 0 Å². The number of alkyl halides is 2. The zero-order valence-corrected chi connectivity index (χ0v) is 6.51. The van der Waals surface area contributed by atoms with Gasteiger partial charge in [-0.3, -0.25) is 0 Å². The van der Waals surface area contributed by atoms with Gasteiger partial charge in [-0.2, -0.15) is 0 Å². The Kier molecular flexibility index (Phi) is 2.26. The molecule has 0 saturated heterocycles. The van der Waals surface area contributed by atoms with E-state index in [4.69, 9.17) is 0 Å². The summed E-state index contributed by atoms with van der Waals surface area (Å²) in [6.07, 6.45) is 2.69. The number of carbonyl (C=O) groups is 1. The minimum Gasteiger partial charge on any atom is -0.466 e. The summed E-state index contributed by atoms with van der Waals surface area (Å²) in [6.45, 7) is 0. The number of carbonyl (C=O) groups excluding carboxylic acids is 1. The van der Waals surface area contributed by atoms with Crippen LogP contribution in [-0.4, -0.2) is 19.0 Å². The number of hydrogen-bond donors (Lipinski definition) is 0. The third-order valence-electron chi connectivity index (χ3n) is 1.51. The summed E-state index contributed by atoms with van der Waals surface area (Å²) in [4.78, 5) is 10.8. The van der Waals surface area contributed by atoms with Gasteiger partial charge in [0.1, 0.15) is 0 Å². The van der Waals surface area contributed by atoms with Crippen LogP contribution in [-0.2, 0) is 9.53 Å². The lowest BCUT2D eigenvalue weighted by atomic mass is 10.0. The van der Waals surface area contributed by atoms with E-state index in [1.54, 1.807) is 0 Å². The molecule has 0 aromatic heterocycles. The van der Waals surface area contributed by atoms with Crippen molar-refractivity contribution >= 4 is 5.97 Å². The van der Waals surface area contributed by atoms with E-state index in [-0.39, 0.29) is 5.57 Å². The van der Waals surface area contributed by atoms with Crippen molar-refractivity contribution in [1.29, 1.82) is 0 Å². The molecule has 0 atom stereocenters. The molecular formula is C8H8F2O2. The molecule has 0 bridgehead atoms. The number of methoxy groups -OCH3 is 1. The van der Waals surface area contributed by atoms with E-state index >= 15 is 0 Å². The fourth-order valence-corrected chi connectivity index (χ4v) is 0.948. The molecule has 12 heavy (non-hydrogen) atoms. The molecular weight excluding hydrogens is 166 g/mol. The predicted octanol–water partition coefficient (Wildman–Crippen LogP) is 1.68. The summed E-state index contributed by atoms with van der Waals surface area (Å²) in [6, 6.07) is 0. The maximum absolute atomic E-state index is 12.6. The molecule has 0 N–H and O–H groups in total. The molecule has 66 valence electrons. The molecule has 0 spiro atoms. The summed E-state index contributed by atoms with van der Waals surface area (Å²) in [5.41, 5.74) is 0.00463. The third kappa shape index (κ3) is 1.90. The fourth-order valence-electron chi connectivity index (χ4n) is 0.948. The van der Waals surface area contributed by atoms with E-state index in [9.17, 15) is 13.6 Å². The van der Waals surface area contributed by atoms with Crippen LogP contribution in [0.3, 0.4) is 0 Å². The van der Waals surface area contributed by atoms with Crippen LogP contribution in [0.25, 0.3) is 0 Å². The Balaban J connectivity index is 2.76. The van der Waals surface area contributed by atoms with Crippen molar-refractivity contribution in [1.82, 2.24) is 0 Å². The molecule has 0 aromatic carbocycles. The number of allylic oxidation sites excluding steroid dienone is 3. The second-order valence-corrected chi connectivity index (χ2v) is 2.48. The first-order valence-electron chi connectivity index (χ1n) is 3.40. The minimum absolute atomic E-state index is 0.00463. The number of halogens is 2. The van der Waals surface area contributed by atoms with Crippen LogP contribution in [0.4, 0.5) is 8.78 Å². The minimum atomic E-state index is -2.92. The summed E-state index contributed by atoms with van der Waals surface area (Å²) >= 11 is 0. The lowest BCUT2D eigenvalue weighted by Crippen LogP contribution is -2.20. The monoisotopic (exact) mass is 174 g/mol. The summed E-state index contributed by atoms with van der Waals surface area (Å²) in [5.74, 6) is -3.61. The van der Waals surface area contributed by atoms with Crippen molar-refractivity contribution in [2.75, 3.05) is 7.11 Å². The van der Waals surface area contributed by atoms with Crippen LogP contribution in [0.2, 0.25) is 0 Å². The maximum Gasteiger partial charge on any atom is 0.333 e. The second kappa shape index (κ2) is 3.05. The van der Waals surface area contributed by atoms with Crippen molar-refractivity contribution in [3.63, 3.8) is 0 Å². The molecule has 4 heteroatoms. The van der Waals surface area contributed by atoms with Crippen molar-refractivity contribution in [3.05, 3.63) is 23.8 Å². The second-order valence-electron chi connectivity index (χ2n) is 2.48. The highest BCUT2D eigenvalue weighted by atomic mass is 19.3. The van der Waals surface area contributed by atoms with E-state index in [2.05, 4.69) is 4.74 Å². The average Bonchev–Trinajstić information content (AvgIpc) is 2.01. The van der Waals surface area contributed by atoms with Gasteiger partial charge < -0.3 is 4.74 Å². The molecule has 2 nitrogen and oxygen atoms in total. The average molecular weight is 174 g/mol. The zero-order chi connectivity index (χ0) is 9.19. The van der Waals surface area contributed by atoms with Gasteiger partial charge in [0.2, 0.25) is 0 Å². The fraction of sp³-hybridized carbons (Fsp3) is 0.375. The van der Waals surface area contributed by atoms with Gasteiger partial charge in [-0.05, 0) is 6.08 Å². The molecule has 0 saturated carbocycles. The Labute approximate surface area is 68.5 Å². The Morgan fingerprint density at radius 3 is 2.83 bits per heavy atom. The summed E-state index contributed by atoms with van der Waals surface area (Å²) in [7, 11) is 1.17. The van der Waals surface area contributed by atoms with Gasteiger partial charge in [0.15, 0.2) is 0 Å². The first-order valence-corrected chi connectivity index (χ1v) is 3.40. The van der Waals surface area contributed by atoms with Gasteiger partial charge in [0.25, 0.3) is 5.92 Å². The quantitative estimate of drug-likeness (QED) is 0.565. The van der Waals surface area contributed by atoms with Crippen LogP contribution >= 0.6 is 0 Å². The van der Waals surface area contributed by atoms with Crippen molar-refractivity contribution in [3.8, 4) is 0 Å². The molecule has 0 heterocycles. The largest absolute Gasteiger partial charge is 0.466 e. The highest BCUT2D eigenvalue weighted by Gasteiger charge is 2.31. The van der Waals surface area contributed by atoms with Crippen LogP contribution in [0, 0.1) is 0 Å². The Hall–Kier alpha value is -1.19. The van der Waals surface area contributed by atoms with E-state index in [1.807, 2.05) is 0 Å². The van der Waals surface area contributed by atoms with Gasteiger partial charge in [-0.25, -0.2) is 13.6 Å². The van der Waals surface area contributed by atoms with E-state index in [0.29, 0.717) is 0 Å². The standard InChI is InChI=1S/C8H8F2O2/c1-12-7(11)6-3-2-4-8(9,10)5-6/h2-4H,5H2,1H3. The van der Waals surface area contributed by atoms with Gasteiger partial charge in [-0.1, -0.05) is 12.2 Å². The van der Waals surface area contributed by atoms with Crippen LogP contribution in [0.5, 0.6) is 0 Å². The Morgan fingerprint density at radius 2 is 2.33 bits per heavy atom. The Morgan fingerprint density at radius 1 is 1.67 bits per heavy atom. The van der Waals surface area contributed by atoms with Gasteiger partial charge in [-0.15, -0.1) is 0 Å². The van der Waals surface area contributed by atoms with Gasteiger partial charge >= 0.3 is 5.97 Å². The first-order chi connectivity index (χ1) is 5.55. The Bertz CT molecular complexity index is 254. The molecule has 0 radical (unpaired) electrons. The topological polar surface area (TPSA) is 26.3 Å². The molecule has 0 aliphatic heterocycles. The molecule has 0 unspecified atom stereocenters. The van der Waals surface area contributed by atoms with E-state index in [1.165, 1.54) is 13.2 Å². The van der Waals surface area contributed by atoms with Gasteiger partial charge in [0.05, 0.1) is 7.11 Å². The smallest absolute Gasteiger partial charge is 0.333 e. The number of esters is 1. The molecule has 0 aromatic rings. The van der Waals surface area contributed by atoms with E-state index < -0.39 is 18.3 Å². The number of rotatable bonds is 1.